The first-order valence-corrected chi connectivity index (χ1v) is 6.28. The summed E-state index contributed by atoms with van der Waals surface area (Å²) >= 11 is 0. The third-order valence-electron chi connectivity index (χ3n) is 4.21. The Bertz CT molecular complexity index is 242. The lowest BCUT2D eigenvalue weighted by Gasteiger charge is -2.44. The highest BCUT2D eigenvalue weighted by Crippen LogP contribution is 2.28. The Balaban J connectivity index is 2.03. The Hall–Kier alpha value is -0.570. The Morgan fingerprint density at radius 3 is 2.73 bits per heavy atom. The number of rotatable bonds is 1. The van der Waals surface area contributed by atoms with E-state index in [1.165, 1.54) is 32.2 Å². The Labute approximate surface area is 92.2 Å². The van der Waals surface area contributed by atoms with Gasteiger partial charge in [-0.1, -0.05) is 6.42 Å². The lowest BCUT2D eigenvalue weighted by atomic mass is 9.75. The van der Waals surface area contributed by atoms with Crippen LogP contribution in [0.1, 0.15) is 39.0 Å². The topological polar surface area (TPSA) is 33.5 Å². The molecule has 0 aromatic rings. The van der Waals surface area contributed by atoms with Crippen LogP contribution in [-0.4, -0.2) is 31.6 Å². The van der Waals surface area contributed by atoms with Crippen LogP contribution in [0, 0.1) is 5.92 Å². The van der Waals surface area contributed by atoms with Gasteiger partial charge in [-0.25, -0.2) is 0 Å². The van der Waals surface area contributed by atoms with Crippen LogP contribution in [-0.2, 0) is 4.79 Å². The van der Waals surface area contributed by atoms with Crippen LogP contribution in [0.25, 0.3) is 0 Å². The lowest BCUT2D eigenvalue weighted by molar-refractivity contribution is -0.917. The van der Waals surface area contributed by atoms with Gasteiger partial charge in [-0.15, -0.1) is 0 Å². The summed E-state index contributed by atoms with van der Waals surface area (Å²) in [4.78, 5) is 12.8. The molecule has 3 nitrogen and oxygen atoms in total. The minimum absolute atomic E-state index is 0.142. The van der Waals surface area contributed by atoms with Crippen LogP contribution >= 0.6 is 0 Å². The molecule has 2 aliphatic rings. The van der Waals surface area contributed by atoms with Gasteiger partial charge in [0, 0.05) is 25.3 Å². The van der Waals surface area contributed by atoms with Crippen molar-refractivity contribution in [1.82, 2.24) is 5.32 Å². The molecule has 0 bridgehead atoms. The highest BCUT2D eigenvalue weighted by Gasteiger charge is 2.40. The molecular formula is C12H23N2O+. The molecule has 0 aromatic carbocycles. The van der Waals surface area contributed by atoms with Crippen molar-refractivity contribution in [2.24, 2.45) is 5.92 Å². The number of piperidine rings is 1. The summed E-state index contributed by atoms with van der Waals surface area (Å²) in [5.74, 6) is 0.875. The molecule has 4 atom stereocenters. The average Bonchev–Trinajstić information content (AvgIpc) is 2.22. The molecule has 1 saturated carbocycles. The van der Waals surface area contributed by atoms with Gasteiger partial charge in [0.2, 0.25) is 5.91 Å². The molecule has 86 valence electrons. The smallest absolute Gasteiger partial charge is 0.217 e. The second kappa shape index (κ2) is 4.52. The van der Waals surface area contributed by atoms with E-state index in [1.54, 1.807) is 11.8 Å². The summed E-state index contributed by atoms with van der Waals surface area (Å²) in [5.41, 5.74) is 0. The van der Waals surface area contributed by atoms with E-state index >= 15 is 0 Å². The first-order chi connectivity index (χ1) is 7.18. The van der Waals surface area contributed by atoms with Crippen LogP contribution in [0.2, 0.25) is 0 Å². The van der Waals surface area contributed by atoms with Crippen molar-refractivity contribution in [1.29, 1.82) is 0 Å². The molecule has 0 spiro atoms. The zero-order valence-corrected chi connectivity index (χ0v) is 9.88. The first-order valence-electron chi connectivity index (χ1n) is 6.28. The van der Waals surface area contributed by atoms with Gasteiger partial charge < -0.3 is 10.2 Å². The van der Waals surface area contributed by atoms with Crippen molar-refractivity contribution in [2.45, 2.75) is 51.1 Å². The Morgan fingerprint density at radius 1 is 1.27 bits per heavy atom. The van der Waals surface area contributed by atoms with E-state index in [0.29, 0.717) is 6.04 Å². The van der Waals surface area contributed by atoms with Gasteiger partial charge in [-0.05, 0) is 19.3 Å². The molecule has 1 saturated heterocycles. The molecule has 1 unspecified atom stereocenters. The van der Waals surface area contributed by atoms with Gasteiger partial charge in [-0.2, -0.15) is 0 Å². The maximum Gasteiger partial charge on any atom is 0.217 e. The molecule has 3 heteroatoms. The van der Waals surface area contributed by atoms with Crippen LogP contribution in [0.15, 0.2) is 0 Å². The molecule has 1 heterocycles. The lowest BCUT2D eigenvalue weighted by Crippen LogP contribution is -3.15. The summed E-state index contributed by atoms with van der Waals surface area (Å²) in [5, 5.41) is 3.15. The predicted molar refractivity (Wildman–Crippen MR) is 59.7 cm³/mol. The number of hydrogen-bond donors (Lipinski definition) is 2. The molecular weight excluding hydrogens is 188 g/mol. The monoisotopic (exact) mass is 211 g/mol. The minimum atomic E-state index is 0.142. The van der Waals surface area contributed by atoms with Crippen molar-refractivity contribution in [3.8, 4) is 0 Å². The highest BCUT2D eigenvalue weighted by atomic mass is 16.1. The molecule has 1 amide bonds. The van der Waals surface area contributed by atoms with E-state index in [0.717, 1.165) is 18.4 Å². The van der Waals surface area contributed by atoms with Gasteiger partial charge >= 0.3 is 0 Å². The number of fused-ring (bicyclic) bond motifs is 1. The van der Waals surface area contributed by atoms with Crippen molar-refractivity contribution in [2.75, 3.05) is 13.6 Å². The average molecular weight is 211 g/mol. The largest absolute Gasteiger partial charge is 0.353 e. The summed E-state index contributed by atoms with van der Waals surface area (Å²) in [6, 6.07) is 1.25. The maximum atomic E-state index is 11.2. The van der Waals surface area contributed by atoms with E-state index in [-0.39, 0.29) is 5.91 Å². The van der Waals surface area contributed by atoms with E-state index < -0.39 is 0 Å². The van der Waals surface area contributed by atoms with Crippen molar-refractivity contribution >= 4 is 5.91 Å². The number of hydrogen-bond acceptors (Lipinski definition) is 1. The summed E-state index contributed by atoms with van der Waals surface area (Å²) in [6.07, 6.45) is 6.56. The van der Waals surface area contributed by atoms with E-state index in [4.69, 9.17) is 0 Å². The predicted octanol–water partition coefficient (Wildman–Crippen LogP) is -0.0317. The minimum Gasteiger partial charge on any atom is -0.353 e. The molecule has 2 fully saturated rings. The fraction of sp³-hybridized carbons (Fsp3) is 0.917. The van der Waals surface area contributed by atoms with Crippen molar-refractivity contribution in [3.63, 3.8) is 0 Å². The summed E-state index contributed by atoms with van der Waals surface area (Å²) in [7, 11) is 2.31. The van der Waals surface area contributed by atoms with Crippen molar-refractivity contribution in [3.05, 3.63) is 0 Å². The third-order valence-corrected chi connectivity index (χ3v) is 4.21. The molecule has 0 radical (unpaired) electrons. The first kappa shape index (κ1) is 10.9. The number of quaternary nitrogens is 1. The second-order valence-electron chi connectivity index (χ2n) is 5.25. The molecule has 0 aromatic heterocycles. The number of likely N-dealkylation sites (tertiary alicyclic amines) is 1. The number of carbonyl (C=O) groups excluding carboxylic acids is 1. The van der Waals surface area contributed by atoms with E-state index in [1.807, 2.05) is 0 Å². The normalized spacial score (nSPS) is 40.7. The van der Waals surface area contributed by atoms with Crippen LogP contribution in [0.3, 0.4) is 0 Å². The van der Waals surface area contributed by atoms with E-state index in [2.05, 4.69) is 12.4 Å². The SMILES string of the molecule is CC(=O)N[C@@H]1CC[NH+](C)[C@@H]2CCCC[C@H]21. The quantitative estimate of drug-likeness (QED) is 0.627. The Morgan fingerprint density at radius 2 is 2.00 bits per heavy atom. The van der Waals surface area contributed by atoms with Gasteiger partial charge in [0.15, 0.2) is 0 Å². The van der Waals surface area contributed by atoms with Gasteiger partial charge in [0.25, 0.3) is 0 Å². The highest BCUT2D eigenvalue weighted by molar-refractivity contribution is 5.73. The molecule has 2 N–H and O–H groups in total. The van der Waals surface area contributed by atoms with Gasteiger partial charge in [0.05, 0.1) is 19.6 Å². The van der Waals surface area contributed by atoms with Gasteiger partial charge in [-0.3, -0.25) is 4.79 Å². The number of nitrogens with one attached hydrogen (secondary N) is 2. The van der Waals surface area contributed by atoms with Crippen LogP contribution in [0.4, 0.5) is 0 Å². The summed E-state index contributed by atoms with van der Waals surface area (Å²) < 4.78 is 0. The molecule has 1 aliphatic carbocycles. The van der Waals surface area contributed by atoms with E-state index in [9.17, 15) is 4.79 Å². The molecule has 15 heavy (non-hydrogen) atoms. The maximum absolute atomic E-state index is 11.2. The molecule has 2 rings (SSSR count). The third kappa shape index (κ3) is 2.33. The zero-order valence-electron chi connectivity index (χ0n) is 9.88. The summed E-state index contributed by atoms with van der Waals surface area (Å²) in [6.45, 7) is 2.86. The fourth-order valence-corrected chi connectivity index (χ4v) is 3.48. The number of amides is 1. The standard InChI is InChI=1S/C12H22N2O/c1-9(15)13-11-7-8-14(2)12-6-4-3-5-10(11)12/h10-12H,3-8H2,1-2H3,(H,13,15)/p+1/t10-,11+,12+/m0/s1. The number of carbonyl (C=O) groups is 1. The van der Waals surface area contributed by atoms with Crippen LogP contribution < -0.4 is 10.2 Å². The second-order valence-corrected chi connectivity index (χ2v) is 5.25. The fourth-order valence-electron chi connectivity index (χ4n) is 3.48. The Kier molecular flexibility index (Phi) is 3.29. The van der Waals surface area contributed by atoms with Crippen LogP contribution in [0.5, 0.6) is 0 Å². The van der Waals surface area contributed by atoms with Crippen molar-refractivity contribution < 1.29 is 9.69 Å². The molecule has 1 aliphatic heterocycles. The van der Waals surface area contributed by atoms with Gasteiger partial charge in [0.1, 0.15) is 0 Å². The zero-order chi connectivity index (χ0) is 10.8.